The van der Waals surface area contributed by atoms with E-state index in [1.807, 2.05) is 0 Å². The second-order valence-electron chi connectivity index (χ2n) is 5.36. The Morgan fingerprint density at radius 2 is 2.42 bits per heavy atom. The number of hydrogen-bond donors (Lipinski definition) is 2. The minimum absolute atomic E-state index is 0.217. The Morgan fingerprint density at radius 3 is 3.11 bits per heavy atom. The fourth-order valence-corrected chi connectivity index (χ4v) is 3.20. The summed E-state index contributed by atoms with van der Waals surface area (Å²) in [6.45, 7) is 6.67. The van der Waals surface area contributed by atoms with Gasteiger partial charge >= 0.3 is 0 Å². The van der Waals surface area contributed by atoms with E-state index in [1.165, 1.54) is 5.69 Å². The van der Waals surface area contributed by atoms with Crippen LogP contribution in [0.25, 0.3) is 4.96 Å². The van der Waals surface area contributed by atoms with Gasteiger partial charge in [-0.25, -0.2) is 4.98 Å². The Bertz CT molecular complexity index is 562. The lowest BCUT2D eigenvalue weighted by Crippen LogP contribution is -2.26. The molecule has 5 nitrogen and oxygen atoms in total. The second-order valence-corrected chi connectivity index (χ2v) is 6.23. The van der Waals surface area contributed by atoms with Crippen LogP contribution in [0, 0.1) is 0 Å². The van der Waals surface area contributed by atoms with Gasteiger partial charge < -0.3 is 15.3 Å². The van der Waals surface area contributed by atoms with Gasteiger partial charge in [-0.15, -0.1) is 11.3 Å². The molecule has 1 saturated heterocycles. The zero-order valence-corrected chi connectivity index (χ0v) is 12.2. The largest absolute Gasteiger partial charge is 0.391 e. The molecule has 1 fully saturated rings. The van der Waals surface area contributed by atoms with Crippen molar-refractivity contribution in [3.8, 4) is 0 Å². The Kier molecular flexibility index (Phi) is 3.47. The van der Waals surface area contributed by atoms with E-state index in [-0.39, 0.29) is 6.10 Å². The maximum Gasteiger partial charge on any atom is 0.195 e. The maximum absolute atomic E-state index is 9.71. The lowest BCUT2D eigenvalue weighted by atomic mass is 10.3. The molecule has 0 spiro atoms. The van der Waals surface area contributed by atoms with Crippen LogP contribution >= 0.6 is 11.3 Å². The van der Waals surface area contributed by atoms with Crippen molar-refractivity contribution in [3.63, 3.8) is 0 Å². The highest BCUT2D eigenvalue weighted by atomic mass is 32.1. The average molecular weight is 280 g/mol. The number of aromatic nitrogens is 2. The van der Waals surface area contributed by atoms with Crippen LogP contribution in [0.2, 0.25) is 0 Å². The van der Waals surface area contributed by atoms with E-state index >= 15 is 0 Å². The molecule has 0 amide bonds. The topological polar surface area (TPSA) is 52.8 Å². The van der Waals surface area contributed by atoms with Crippen molar-refractivity contribution in [1.82, 2.24) is 14.7 Å². The highest BCUT2D eigenvalue weighted by molar-refractivity contribution is 7.15. The van der Waals surface area contributed by atoms with Gasteiger partial charge in [-0.05, 0) is 6.42 Å². The third-order valence-corrected chi connectivity index (χ3v) is 4.24. The summed E-state index contributed by atoms with van der Waals surface area (Å²) in [7, 11) is 0. The van der Waals surface area contributed by atoms with Gasteiger partial charge in [0.05, 0.1) is 11.8 Å². The van der Waals surface area contributed by atoms with Gasteiger partial charge in [0.15, 0.2) is 10.8 Å². The quantitative estimate of drug-likeness (QED) is 0.890. The fraction of sp³-hybridized carbons (Fsp3) is 0.615. The number of aliphatic hydroxyl groups is 1. The summed E-state index contributed by atoms with van der Waals surface area (Å²) in [4.78, 5) is 7.94. The molecular formula is C13H20N4OS. The fourth-order valence-electron chi connectivity index (χ4n) is 2.47. The molecule has 0 bridgehead atoms. The van der Waals surface area contributed by atoms with Crippen LogP contribution in [0.5, 0.6) is 0 Å². The van der Waals surface area contributed by atoms with E-state index in [1.54, 1.807) is 11.3 Å². The number of aliphatic hydroxyl groups excluding tert-OH is 1. The maximum atomic E-state index is 9.71. The molecule has 19 heavy (non-hydrogen) atoms. The smallest absolute Gasteiger partial charge is 0.195 e. The van der Waals surface area contributed by atoms with Crippen molar-refractivity contribution in [2.75, 3.05) is 18.0 Å². The summed E-state index contributed by atoms with van der Waals surface area (Å²) in [6.07, 6.45) is 2.69. The molecule has 2 aromatic rings. The number of β-amino-alcohol motifs (C(OH)–C–C–N with tert-alkyl or cyclic N) is 1. The Labute approximate surface area is 116 Å². The SMILES string of the molecule is CC(C)NCc1c(N2CCC(O)C2)nc2sccn12. The third-order valence-electron chi connectivity index (χ3n) is 3.48. The summed E-state index contributed by atoms with van der Waals surface area (Å²) in [5, 5.41) is 15.2. The number of rotatable bonds is 4. The summed E-state index contributed by atoms with van der Waals surface area (Å²) in [6, 6.07) is 0.446. The molecule has 3 rings (SSSR count). The van der Waals surface area contributed by atoms with Gasteiger partial charge in [-0.3, -0.25) is 4.40 Å². The standard InChI is InChI=1S/C13H20N4OS/c1-9(2)14-7-11-12(16-4-3-10(18)8-16)15-13-17(11)5-6-19-13/h5-6,9-10,14,18H,3-4,7-8H2,1-2H3. The van der Waals surface area contributed by atoms with Crippen molar-refractivity contribution in [1.29, 1.82) is 0 Å². The summed E-state index contributed by atoms with van der Waals surface area (Å²) < 4.78 is 2.15. The van der Waals surface area contributed by atoms with Crippen molar-refractivity contribution < 1.29 is 5.11 Å². The highest BCUT2D eigenvalue weighted by Gasteiger charge is 2.26. The van der Waals surface area contributed by atoms with Crippen molar-refractivity contribution >= 4 is 22.1 Å². The lowest BCUT2D eigenvalue weighted by Gasteiger charge is -2.17. The Hall–Kier alpha value is -1.11. The zero-order chi connectivity index (χ0) is 13.4. The number of nitrogens with zero attached hydrogens (tertiary/aromatic N) is 3. The van der Waals surface area contributed by atoms with Crippen molar-refractivity contribution in [2.24, 2.45) is 0 Å². The molecule has 1 unspecified atom stereocenters. The van der Waals surface area contributed by atoms with Gasteiger partial charge in [0.2, 0.25) is 0 Å². The number of anilines is 1. The zero-order valence-electron chi connectivity index (χ0n) is 11.3. The monoisotopic (exact) mass is 280 g/mol. The van der Waals surface area contributed by atoms with Gasteiger partial charge in [0.1, 0.15) is 0 Å². The molecule has 0 radical (unpaired) electrons. The molecular weight excluding hydrogens is 260 g/mol. The van der Waals surface area contributed by atoms with E-state index in [4.69, 9.17) is 4.98 Å². The number of thiazole rings is 1. The first kappa shape index (κ1) is 12.9. The number of imidazole rings is 1. The van der Waals surface area contributed by atoms with Crippen LogP contribution in [0.15, 0.2) is 11.6 Å². The molecule has 6 heteroatoms. The van der Waals surface area contributed by atoms with Crippen LogP contribution < -0.4 is 10.2 Å². The van der Waals surface area contributed by atoms with Crippen LogP contribution in [0.3, 0.4) is 0 Å². The molecule has 1 aliphatic rings. The molecule has 0 aromatic carbocycles. The molecule has 1 atom stereocenters. The van der Waals surface area contributed by atoms with Crippen molar-refractivity contribution in [3.05, 3.63) is 17.3 Å². The van der Waals surface area contributed by atoms with Gasteiger partial charge in [-0.2, -0.15) is 0 Å². The minimum atomic E-state index is -0.217. The highest BCUT2D eigenvalue weighted by Crippen LogP contribution is 2.27. The Balaban J connectivity index is 1.93. The van der Waals surface area contributed by atoms with Gasteiger partial charge in [0, 0.05) is 37.3 Å². The van der Waals surface area contributed by atoms with Gasteiger partial charge in [-0.1, -0.05) is 13.8 Å². The average Bonchev–Trinajstić information content (AvgIpc) is 3.00. The lowest BCUT2D eigenvalue weighted by molar-refractivity contribution is 0.198. The minimum Gasteiger partial charge on any atom is -0.391 e. The van der Waals surface area contributed by atoms with E-state index in [0.717, 1.165) is 30.3 Å². The molecule has 3 heterocycles. The summed E-state index contributed by atoms with van der Waals surface area (Å²) in [5.41, 5.74) is 1.19. The van der Waals surface area contributed by atoms with E-state index in [9.17, 15) is 5.11 Å². The van der Waals surface area contributed by atoms with Crippen LogP contribution in [0.1, 0.15) is 26.0 Å². The predicted octanol–water partition coefficient (Wildman–Crippen LogP) is 1.46. The number of nitrogens with one attached hydrogen (secondary N) is 1. The van der Waals surface area contributed by atoms with E-state index in [2.05, 4.69) is 40.0 Å². The van der Waals surface area contributed by atoms with Crippen molar-refractivity contribution in [2.45, 2.75) is 39.0 Å². The normalized spacial score (nSPS) is 20.0. The first-order chi connectivity index (χ1) is 9.15. The van der Waals surface area contributed by atoms with E-state index < -0.39 is 0 Å². The molecule has 2 aromatic heterocycles. The first-order valence-electron chi connectivity index (χ1n) is 6.76. The molecule has 2 N–H and O–H groups in total. The van der Waals surface area contributed by atoms with E-state index in [0.29, 0.717) is 12.6 Å². The van der Waals surface area contributed by atoms with Gasteiger partial charge in [0.25, 0.3) is 0 Å². The molecule has 0 saturated carbocycles. The molecule has 0 aliphatic carbocycles. The molecule has 1 aliphatic heterocycles. The van der Waals surface area contributed by atoms with Crippen LogP contribution in [-0.4, -0.2) is 39.7 Å². The first-order valence-corrected chi connectivity index (χ1v) is 7.64. The summed E-state index contributed by atoms with van der Waals surface area (Å²) >= 11 is 1.65. The van der Waals surface area contributed by atoms with Crippen LogP contribution in [0.4, 0.5) is 5.82 Å². The summed E-state index contributed by atoms with van der Waals surface area (Å²) in [5.74, 6) is 1.02. The predicted molar refractivity (Wildman–Crippen MR) is 77.9 cm³/mol. The molecule has 104 valence electrons. The van der Waals surface area contributed by atoms with Crippen LogP contribution in [-0.2, 0) is 6.54 Å². The Morgan fingerprint density at radius 1 is 1.58 bits per heavy atom. The number of fused-ring (bicyclic) bond motifs is 1. The second kappa shape index (κ2) is 5.11. The third kappa shape index (κ3) is 2.48. The number of hydrogen-bond acceptors (Lipinski definition) is 5.